The van der Waals surface area contributed by atoms with Crippen LogP contribution in [0.15, 0.2) is 73.3 Å². The van der Waals surface area contributed by atoms with E-state index in [1.54, 1.807) is 24.7 Å². The number of nitrogens with zero attached hydrogens (tertiary/aromatic N) is 3. The van der Waals surface area contributed by atoms with Crippen LogP contribution in [0.5, 0.6) is 0 Å². The quantitative estimate of drug-likeness (QED) is 0.661. The summed E-state index contributed by atoms with van der Waals surface area (Å²) in [7, 11) is 0. The van der Waals surface area contributed by atoms with Crippen molar-refractivity contribution in [3.05, 3.63) is 90.0 Å². The predicted octanol–water partition coefficient (Wildman–Crippen LogP) is 4.56. The minimum atomic E-state index is 0.611. The molecule has 0 aliphatic heterocycles. The normalized spacial score (nSPS) is 11.7. The van der Waals surface area contributed by atoms with Gasteiger partial charge in [0.05, 0.1) is 29.5 Å². The SMILES string of the molecule is N#Cc1ccc(C(Cn2ccnc2)=C(Cl)c2ccccc2)cc1. The second-order valence-electron chi connectivity index (χ2n) is 5.08. The van der Waals surface area contributed by atoms with Crippen LogP contribution < -0.4 is 0 Å². The van der Waals surface area contributed by atoms with Crippen molar-refractivity contribution in [3.63, 3.8) is 0 Å². The van der Waals surface area contributed by atoms with Gasteiger partial charge in [0.25, 0.3) is 0 Å². The molecule has 0 spiro atoms. The number of aromatic nitrogens is 2. The Morgan fingerprint density at radius 1 is 1.04 bits per heavy atom. The topological polar surface area (TPSA) is 41.6 Å². The third kappa shape index (κ3) is 3.50. The van der Waals surface area contributed by atoms with E-state index in [4.69, 9.17) is 16.9 Å². The van der Waals surface area contributed by atoms with E-state index >= 15 is 0 Å². The summed E-state index contributed by atoms with van der Waals surface area (Å²) in [5.41, 5.74) is 3.58. The van der Waals surface area contributed by atoms with E-state index in [0.717, 1.165) is 16.7 Å². The molecule has 2 aromatic carbocycles. The van der Waals surface area contributed by atoms with Gasteiger partial charge in [0, 0.05) is 12.4 Å². The van der Waals surface area contributed by atoms with Crippen molar-refractivity contribution < 1.29 is 0 Å². The minimum Gasteiger partial charge on any atom is -0.333 e. The van der Waals surface area contributed by atoms with E-state index in [1.165, 1.54) is 0 Å². The van der Waals surface area contributed by atoms with Crippen molar-refractivity contribution in [2.24, 2.45) is 0 Å². The molecule has 1 heterocycles. The summed E-state index contributed by atoms with van der Waals surface area (Å²) in [6.45, 7) is 0.611. The maximum absolute atomic E-state index is 8.96. The van der Waals surface area contributed by atoms with Crippen molar-refractivity contribution in [2.75, 3.05) is 0 Å². The standard InChI is InChI=1S/C19H14ClN3/c20-19(17-4-2-1-3-5-17)18(13-23-11-10-22-14-23)16-8-6-15(12-21)7-9-16/h1-11,14H,13H2. The van der Waals surface area contributed by atoms with Gasteiger partial charge in [0.2, 0.25) is 0 Å². The number of allylic oxidation sites excluding steroid dienone is 1. The molecule has 3 rings (SSSR count). The molecular formula is C19H14ClN3. The van der Waals surface area contributed by atoms with Gasteiger partial charge in [0.1, 0.15) is 0 Å². The molecule has 4 heteroatoms. The van der Waals surface area contributed by atoms with Crippen molar-refractivity contribution in [3.8, 4) is 6.07 Å². The van der Waals surface area contributed by atoms with E-state index in [0.29, 0.717) is 17.1 Å². The molecular weight excluding hydrogens is 306 g/mol. The van der Waals surface area contributed by atoms with Gasteiger partial charge >= 0.3 is 0 Å². The molecule has 112 valence electrons. The summed E-state index contributed by atoms with van der Waals surface area (Å²) in [5.74, 6) is 0. The first kappa shape index (κ1) is 15.1. The van der Waals surface area contributed by atoms with Gasteiger partial charge in [0.15, 0.2) is 0 Å². The smallest absolute Gasteiger partial charge is 0.0991 e. The third-order valence-electron chi connectivity index (χ3n) is 3.55. The number of hydrogen-bond acceptors (Lipinski definition) is 2. The molecule has 3 nitrogen and oxygen atoms in total. The number of halogens is 1. The van der Waals surface area contributed by atoms with E-state index in [1.807, 2.05) is 53.2 Å². The highest BCUT2D eigenvalue weighted by Crippen LogP contribution is 2.31. The predicted molar refractivity (Wildman–Crippen MR) is 92.5 cm³/mol. The second-order valence-corrected chi connectivity index (χ2v) is 5.46. The Kier molecular flexibility index (Phi) is 4.56. The van der Waals surface area contributed by atoms with Crippen LogP contribution in [-0.2, 0) is 6.54 Å². The first-order chi connectivity index (χ1) is 11.3. The fraction of sp³-hybridized carbons (Fsp3) is 0.0526. The van der Waals surface area contributed by atoms with Gasteiger partial charge in [-0.3, -0.25) is 0 Å². The first-order valence-electron chi connectivity index (χ1n) is 7.18. The van der Waals surface area contributed by atoms with Gasteiger partial charge in [-0.1, -0.05) is 54.1 Å². The van der Waals surface area contributed by atoms with Crippen molar-refractivity contribution in [1.29, 1.82) is 5.26 Å². The molecule has 0 amide bonds. The molecule has 0 aliphatic rings. The summed E-state index contributed by atoms with van der Waals surface area (Å²) in [5, 5.41) is 9.66. The van der Waals surface area contributed by atoms with E-state index in [-0.39, 0.29) is 0 Å². The number of benzene rings is 2. The molecule has 3 aromatic rings. The number of rotatable bonds is 4. The zero-order valence-electron chi connectivity index (χ0n) is 12.4. The number of imidazole rings is 1. The second kappa shape index (κ2) is 6.95. The van der Waals surface area contributed by atoms with E-state index in [2.05, 4.69) is 11.1 Å². The van der Waals surface area contributed by atoms with Gasteiger partial charge in [-0.2, -0.15) is 5.26 Å². The lowest BCUT2D eigenvalue weighted by Gasteiger charge is -2.13. The Labute approximate surface area is 140 Å². The largest absolute Gasteiger partial charge is 0.333 e. The first-order valence-corrected chi connectivity index (χ1v) is 7.56. The fourth-order valence-corrected chi connectivity index (χ4v) is 2.65. The molecule has 0 N–H and O–H groups in total. The average molecular weight is 320 g/mol. The van der Waals surface area contributed by atoms with E-state index in [9.17, 15) is 0 Å². The lowest BCUT2D eigenvalue weighted by molar-refractivity contribution is 0.835. The Hall–Kier alpha value is -2.83. The lowest BCUT2D eigenvalue weighted by atomic mass is 10.0. The van der Waals surface area contributed by atoms with Crippen molar-refractivity contribution in [2.45, 2.75) is 6.54 Å². The van der Waals surface area contributed by atoms with Crippen LogP contribution in [-0.4, -0.2) is 9.55 Å². The van der Waals surface area contributed by atoms with Crippen LogP contribution in [0.4, 0.5) is 0 Å². The van der Waals surface area contributed by atoms with Crippen molar-refractivity contribution in [1.82, 2.24) is 9.55 Å². The fourth-order valence-electron chi connectivity index (χ4n) is 2.35. The summed E-state index contributed by atoms with van der Waals surface area (Å²) < 4.78 is 1.97. The highest BCUT2D eigenvalue weighted by Gasteiger charge is 2.11. The van der Waals surface area contributed by atoms with Crippen molar-refractivity contribution >= 4 is 22.2 Å². The average Bonchev–Trinajstić information content (AvgIpc) is 3.13. The van der Waals surface area contributed by atoms with Crippen LogP contribution in [0.3, 0.4) is 0 Å². The van der Waals surface area contributed by atoms with Crippen LogP contribution in [0, 0.1) is 11.3 Å². The monoisotopic (exact) mass is 319 g/mol. The minimum absolute atomic E-state index is 0.611. The third-order valence-corrected chi connectivity index (χ3v) is 4.00. The van der Waals surface area contributed by atoms with Crippen LogP contribution in [0.25, 0.3) is 10.6 Å². The summed E-state index contributed by atoms with van der Waals surface area (Å²) in [4.78, 5) is 4.08. The highest BCUT2D eigenvalue weighted by molar-refractivity contribution is 6.52. The molecule has 0 unspecified atom stereocenters. The molecule has 0 saturated heterocycles. The maximum Gasteiger partial charge on any atom is 0.0991 e. The molecule has 1 aromatic heterocycles. The van der Waals surface area contributed by atoms with Gasteiger partial charge in [-0.05, 0) is 28.8 Å². The molecule has 0 atom stereocenters. The van der Waals surface area contributed by atoms with Crippen LogP contribution in [0.2, 0.25) is 0 Å². The molecule has 0 aliphatic carbocycles. The van der Waals surface area contributed by atoms with Gasteiger partial charge in [-0.15, -0.1) is 0 Å². The Morgan fingerprint density at radius 2 is 1.78 bits per heavy atom. The van der Waals surface area contributed by atoms with Gasteiger partial charge < -0.3 is 4.57 Å². The molecule has 0 saturated carbocycles. The van der Waals surface area contributed by atoms with Crippen LogP contribution >= 0.6 is 11.6 Å². The Morgan fingerprint density at radius 3 is 2.39 bits per heavy atom. The van der Waals surface area contributed by atoms with Crippen LogP contribution in [0.1, 0.15) is 16.7 Å². The highest BCUT2D eigenvalue weighted by atomic mass is 35.5. The zero-order valence-corrected chi connectivity index (χ0v) is 13.1. The molecule has 0 bridgehead atoms. The summed E-state index contributed by atoms with van der Waals surface area (Å²) >= 11 is 6.68. The molecule has 0 radical (unpaired) electrons. The summed E-state index contributed by atoms with van der Waals surface area (Å²) in [6.07, 6.45) is 5.41. The molecule has 23 heavy (non-hydrogen) atoms. The number of nitriles is 1. The van der Waals surface area contributed by atoms with E-state index < -0.39 is 0 Å². The summed E-state index contributed by atoms with van der Waals surface area (Å²) in [6, 6.07) is 19.5. The lowest BCUT2D eigenvalue weighted by Crippen LogP contribution is -2.00. The Bertz CT molecular complexity index is 842. The molecule has 0 fully saturated rings. The zero-order chi connectivity index (χ0) is 16.1. The maximum atomic E-state index is 8.96. The number of hydrogen-bond donors (Lipinski definition) is 0. The van der Waals surface area contributed by atoms with Gasteiger partial charge in [-0.25, -0.2) is 4.98 Å². The Balaban J connectivity index is 2.07.